The first-order chi connectivity index (χ1) is 5.91. The molecule has 0 aromatic carbocycles. The van der Waals surface area contributed by atoms with E-state index in [0.29, 0.717) is 0 Å². The van der Waals surface area contributed by atoms with Gasteiger partial charge in [0.1, 0.15) is 6.04 Å². The molecule has 84 valence electrons. The van der Waals surface area contributed by atoms with Gasteiger partial charge in [-0.25, -0.2) is 0 Å². The lowest BCUT2D eigenvalue weighted by molar-refractivity contribution is -0.229. The number of rotatable bonds is 1. The number of nitrogens with one attached hydrogen (secondary N) is 1. The van der Waals surface area contributed by atoms with E-state index in [-0.39, 0.29) is 12.4 Å². The van der Waals surface area contributed by atoms with E-state index < -0.39 is 37.4 Å². The zero-order chi connectivity index (χ0) is 10.1. The van der Waals surface area contributed by atoms with Crippen molar-refractivity contribution in [2.45, 2.75) is 18.3 Å². The summed E-state index contributed by atoms with van der Waals surface area (Å²) in [7, 11) is 0. The van der Waals surface area contributed by atoms with Gasteiger partial charge in [0.15, 0.2) is 6.10 Å². The van der Waals surface area contributed by atoms with Crippen molar-refractivity contribution in [3.63, 3.8) is 0 Å². The van der Waals surface area contributed by atoms with E-state index in [1.807, 2.05) is 0 Å². The smallest absolute Gasteiger partial charge is 0.415 e. The molecule has 0 aromatic heterocycles. The molecule has 0 amide bonds. The molecule has 0 spiro atoms. The molecule has 0 aromatic rings. The Kier molecular flexibility index (Phi) is 4.63. The maximum atomic E-state index is 12.0. The fraction of sp³-hybridized carbons (Fsp3) is 0.833. The summed E-state index contributed by atoms with van der Waals surface area (Å²) in [5.41, 5.74) is 0. The molecule has 1 saturated heterocycles. The van der Waals surface area contributed by atoms with Gasteiger partial charge in [-0.2, -0.15) is 13.2 Å². The average molecular weight is 236 g/mol. The number of carbonyl (C=O) groups is 1. The molecule has 0 aliphatic carbocycles. The molecular weight excluding hydrogens is 227 g/mol. The number of halogens is 4. The van der Waals surface area contributed by atoms with Crippen molar-refractivity contribution in [2.24, 2.45) is 0 Å². The Balaban J connectivity index is 0.00000169. The second-order valence-corrected chi connectivity index (χ2v) is 2.66. The molecule has 1 rings (SSSR count). The third kappa shape index (κ3) is 3.32. The normalized spacial score (nSPS) is 27.9. The summed E-state index contributed by atoms with van der Waals surface area (Å²) in [6.07, 6.45) is -6.33. The summed E-state index contributed by atoms with van der Waals surface area (Å²) in [5, 5.41) is 10.6. The number of carboxylic acid groups (broad SMARTS) is 1. The van der Waals surface area contributed by atoms with Crippen LogP contribution in [0.2, 0.25) is 0 Å². The van der Waals surface area contributed by atoms with Crippen molar-refractivity contribution < 1.29 is 27.8 Å². The van der Waals surface area contributed by atoms with E-state index in [1.54, 1.807) is 0 Å². The quantitative estimate of drug-likeness (QED) is 0.691. The number of alkyl halides is 3. The minimum atomic E-state index is -4.43. The average Bonchev–Trinajstić information content (AvgIpc) is 2.03. The van der Waals surface area contributed by atoms with Crippen LogP contribution in [-0.4, -0.2) is 42.5 Å². The first-order valence-corrected chi connectivity index (χ1v) is 3.56. The topological polar surface area (TPSA) is 58.6 Å². The summed E-state index contributed by atoms with van der Waals surface area (Å²) < 4.78 is 40.2. The van der Waals surface area contributed by atoms with Crippen molar-refractivity contribution in [1.29, 1.82) is 0 Å². The van der Waals surface area contributed by atoms with Crippen LogP contribution in [0.5, 0.6) is 0 Å². The maximum absolute atomic E-state index is 12.0. The van der Waals surface area contributed by atoms with Gasteiger partial charge in [0.05, 0.1) is 6.61 Å². The highest BCUT2D eigenvalue weighted by atomic mass is 35.5. The maximum Gasteiger partial charge on any atom is 0.415 e. The molecule has 1 heterocycles. The summed E-state index contributed by atoms with van der Waals surface area (Å²) >= 11 is 0. The highest BCUT2D eigenvalue weighted by Crippen LogP contribution is 2.24. The molecular formula is C6H9ClF3NO3. The van der Waals surface area contributed by atoms with Crippen LogP contribution < -0.4 is 5.32 Å². The van der Waals surface area contributed by atoms with Crippen LogP contribution in [0, 0.1) is 0 Å². The second kappa shape index (κ2) is 4.81. The van der Waals surface area contributed by atoms with E-state index in [4.69, 9.17) is 5.11 Å². The molecule has 0 bridgehead atoms. The van der Waals surface area contributed by atoms with Gasteiger partial charge in [0, 0.05) is 6.54 Å². The number of morpholine rings is 1. The van der Waals surface area contributed by atoms with Gasteiger partial charge in [-0.1, -0.05) is 0 Å². The fourth-order valence-electron chi connectivity index (χ4n) is 0.948. The Morgan fingerprint density at radius 1 is 1.50 bits per heavy atom. The number of hydrogen-bond acceptors (Lipinski definition) is 3. The predicted octanol–water partition coefficient (Wildman–Crippen LogP) is 0.412. The molecule has 0 radical (unpaired) electrons. The lowest BCUT2D eigenvalue weighted by atomic mass is 10.2. The standard InChI is InChI=1S/C6H8F3NO3.ClH/c7-6(8,9)4-1-10-3(2-13-4)5(11)12;/h3-4,10H,1-2H2,(H,11,12);1H. The van der Waals surface area contributed by atoms with E-state index in [2.05, 4.69) is 10.1 Å². The summed E-state index contributed by atoms with van der Waals surface area (Å²) in [5.74, 6) is -1.21. The molecule has 1 fully saturated rings. The van der Waals surface area contributed by atoms with E-state index >= 15 is 0 Å². The van der Waals surface area contributed by atoms with Gasteiger partial charge < -0.3 is 9.84 Å². The Labute approximate surface area is 83.8 Å². The van der Waals surface area contributed by atoms with Crippen LogP contribution in [-0.2, 0) is 9.53 Å². The zero-order valence-corrected chi connectivity index (χ0v) is 7.69. The van der Waals surface area contributed by atoms with Crippen LogP contribution in [0.25, 0.3) is 0 Å². The lowest BCUT2D eigenvalue weighted by Crippen LogP contribution is -2.54. The van der Waals surface area contributed by atoms with Gasteiger partial charge in [0.2, 0.25) is 0 Å². The van der Waals surface area contributed by atoms with Gasteiger partial charge in [-0.05, 0) is 0 Å². The molecule has 2 unspecified atom stereocenters. The van der Waals surface area contributed by atoms with Gasteiger partial charge in [-0.3, -0.25) is 10.1 Å². The Hall–Kier alpha value is -0.530. The molecule has 0 saturated carbocycles. The fourth-order valence-corrected chi connectivity index (χ4v) is 0.948. The number of hydrogen-bond donors (Lipinski definition) is 2. The Morgan fingerprint density at radius 3 is 2.36 bits per heavy atom. The van der Waals surface area contributed by atoms with Crippen molar-refractivity contribution in [3.8, 4) is 0 Å². The van der Waals surface area contributed by atoms with Crippen LogP contribution in [0.15, 0.2) is 0 Å². The van der Waals surface area contributed by atoms with Crippen molar-refractivity contribution in [3.05, 3.63) is 0 Å². The molecule has 1 aliphatic rings. The van der Waals surface area contributed by atoms with Gasteiger partial charge >= 0.3 is 12.1 Å². The predicted molar refractivity (Wildman–Crippen MR) is 42.5 cm³/mol. The molecule has 2 atom stereocenters. The van der Waals surface area contributed by atoms with Crippen LogP contribution >= 0.6 is 12.4 Å². The largest absolute Gasteiger partial charge is 0.480 e. The monoisotopic (exact) mass is 235 g/mol. The van der Waals surface area contributed by atoms with Gasteiger partial charge in [0.25, 0.3) is 0 Å². The molecule has 14 heavy (non-hydrogen) atoms. The van der Waals surface area contributed by atoms with Crippen molar-refractivity contribution in [1.82, 2.24) is 5.32 Å². The highest BCUT2D eigenvalue weighted by molar-refractivity contribution is 5.85. The highest BCUT2D eigenvalue weighted by Gasteiger charge is 2.43. The Morgan fingerprint density at radius 2 is 2.07 bits per heavy atom. The number of ether oxygens (including phenoxy) is 1. The van der Waals surface area contributed by atoms with E-state index in [9.17, 15) is 18.0 Å². The number of aliphatic carboxylic acids is 1. The third-order valence-corrected chi connectivity index (χ3v) is 1.68. The molecule has 4 nitrogen and oxygen atoms in total. The lowest BCUT2D eigenvalue weighted by Gasteiger charge is -2.29. The molecule has 8 heteroatoms. The van der Waals surface area contributed by atoms with Crippen LogP contribution in [0.3, 0.4) is 0 Å². The van der Waals surface area contributed by atoms with Crippen molar-refractivity contribution >= 4 is 18.4 Å². The van der Waals surface area contributed by atoms with Crippen LogP contribution in [0.4, 0.5) is 13.2 Å². The molecule has 2 N–H and O–H groups in total. The third-order valence-electron chi connectivity index (χ3n) is 1.68. The van der Waals surface area contributed by atoms with E-state index in [0.717, 1.165) is 0 Å². The first-order valence-electron chi connectivity index (χ1n) is 3.56. The summed E-state index contributed by atoms with van der Waals surface area (Å²) in [6, 6.07) is -1.04. The van der Waals surface area contributed by atoms with Gasteiger partial charge in [-0.15, -0.1) is 12.4 Å². The summed E-state index contributed by atoms with van der Waals surface area (Å²) in [6.45, 7) is -0.972. The minimum absolute atomic E-state index is 0. The SMILES string of the molecule is Cl.O=C(O)C1COC(C(F)(F)F)CN1. The Bertz CT molecular complexity index is 203. The second-order valence-electron chi connectivity index (χ2n) is 2.66. The minimum Gasteiger partial charge on any atom is -0.480 e. The first kappa shape index (κ1) is 13.5. The van der Waals surface area contributed by atoms with E-state index in [1.165, 1.54) is 0 Å². The van der Waals surface area contributed by atoms with Crippen LogP contribution in [0.1, 0.15) is 0 Å². The summed E-state index contributed by atoms with van der Waals surface area (Å²) in [4.78, 5) is 10.3. The molecule has 1 aliphatic heterocycles. The van der Waals surface area contributed by atoms with Crippen molar-refractivity contribution in [2.75, 3.05) is 13.2 Å². The zero-order valence-electron chi connectivity index (χ0n) is 6.87. The number of carboxylic acids is 1.